The number of benzene rings is 1. The molecule has 2 atom stereocenters. The lowest BCUT2D eigenvalue weighted by atomic mass is 9.86. The van der Waals surface area contributed by atoms with Crippen LogP contribution in [0.25, 0.3) is 5.69 Å². The van der Waals surface area contributed by atoms with E-state index in [1.807, 2.05) is 18.5 Å². The fraction of sp³-hybridized carbons (Fsp3) is 0.389. The number of hydrogen-bond donors (Lipinski definition) is 0. The number of fused-ring (bicyclic) bond motifs is 1. The molecule has 0 unspecified atom stereocenters. The van der Waals surface area contributed by atoms with Crippen LogP contribution in [0, 0.1) is 17.7 Å². The van der Waals surface area contributed by atoms with Crippen molar-refractivity contribution in [3.63, 3.8) is 0 Å². The van der Waals surface area contributed by atoms with Crippen LogP contribution < -0.4 is 0 Å². The summed E-state index contributed by atoms with van der Waals surface area (Å²) in [5.41, 5.74) is 1.66. The molecule has 1 saturated heterocycles. The van der Waals surface area contributed by atoms with Crippen molar-refractivity contribution >= 4 is 0 Å². The van der Waals surface area contributed by atoms with Crippen molar-refractivity contribution in [2.24, 2.45) is 11.8 Å². The van der Waals surface area contributed by atoms with Gasteiger partial charge in [0.2, 0.25) is 0 Å². The molecule has 1 aromatic heterocycles. The van der Waals surface area contributed by atoms with E-state index in [1.54, 1.807) is 16.8 Å². The van der Waals surface area contributed by atoms with Crippen LogP contribution in [0.3, 0.4) is 0 Å². The van der Waals surface area contributed by atoms with E-state index in [1.165, 1.54) is 32.0 Å². The molecule has 0 saturated carbocycles. The first-order chi connectivity index (χ1) is 10.8. The highest BCUT2D eigenvalue weighted by Crippen LogP contribution is 2.33. The summed E-state index contributed by atoms with van der Waals surface area (Å²) >= 11 is 0. The second kappa shape index (κ2) is 5.69. The topological polar surface area (TPSA) is 21.1 Å². The summed E-state index contributed by atoms with van der Waals surface area (Å²) in [6, 6.07) is 6.75. The Kier molecular flexibility index (Phi) is 3.54. The Bertz CT molecular complexity index is 675. The number of likely N-dealkylation sites (tertiary alicyclic amines) is 1. The van der Waals surface area contributed by atoms with E-state index in [2.05, 4.69) is 22.2 Å². The molecule has 1 aromatic carbocycles. The Balaban J connectivity index is 1.46. The monoisotopic (exact) mass is 297 g/mol. The lowest BCUT2D eigenvalue weighted by Crippen LogP contribution is -2.20. The van der Waals surface area contributed by atoms with Crippen LogP contribution in [-0.2, 0) is 6.54 Å². The quantitative estimate of drug-likeness (QED) is 0.810. The molecule has 22 heavy (non-hydrogen) atoms. The van der Waals surface area contributed by atoms with Crippen molar-refractivity contribution in [2.45, 2.75) is 19.4 Å². The zero-order chi connectivity index (χ0) is 14.9. The number of rotatable bonds is 3. The third-order valence-corrected chi connectivity index (χ3v) is 4.84. The normalized spacial score (nSPS) is 24.6. The van der Waals surface area contributed by atoms with Crippen molar-refractivity contribution in [1.82, 2.24) is 14.7 Å². The second-order valence-electron chi connectivity index (χ2n) is 6.40. The zero-order valence-electron chi connectivity index (χ0n) is 12.5. The Morgan fingerprint density at radius 2 is 1.82 bits per heavy atom. The van der Waals surface area contributed by atoms with Gasteiger partial charge in [-0.1, -0.05) is 24.3 Å². The zero-order valence-corrected chi connectivity index (χ0v) is 12.5. The molecule has 4 heteroatoms. The van der Waals surface area contributed by atoms with Crippen LogP contribution in [0.1, 0.15) is 18.4 Å². The molecule has 114 valence electrons. The molecule has 2 aliphatic rings. The molecular weight excluding hydrogens is 277 g/mol. The van der Waals surface area contributed by atoms with Crippen LogP contribution in [0.5, 0.6) is 0 Å². The lowest BCUT2D eigenvalue weighted by molar-refractivity contribution is 0.314. The summed E-state index contributed by atoms with van der Waals surface area (Å²) in [5.74, 6) is 1.38. The number of aromatic nitrogens is 2. The first-order valence-electron chi connectivity index (χ1n) is 7.95. The van der Waals surface area contributed by atoms with Crippen LogP contribution in [0.4, 0.5) is 4.39 Å². The molecular formula is C18H20FN3. The average molecular weight is 297 g/mol. The van der Waals surface area contributed by atoms with Gasteiger partial charge in [-0.25, -0.2) is 9.07 Å². The molecule has 2 aromatic rings. The molecule has 1 aliphatic carbocycles. The molecule has 4 rings (SSSR count). The van der Waals surface area contributed by atoms with Gasteiger partial charge in [0.25, 0.3) is 0 Å². The number of halogens is 1. The number of hydrogen-bond acceptors (Lipinski definition) is 2. The van der Waals surface area contributed by atoms with Crippen molar-refractivity contribution in [1.29, 1.82) is 0 Å². The van der Waals surface area contributed by atoms with Gasteiger partial charge in [0.15, 0.2) is 0 Å². The molecule has 0 spiro atoms. The van der Waals surface area contributed by atoms with Gasteiger partial charge in [0, 0.05) is 31.4 Å². The Labute approximate surface area is 130 Å². The lowest BCUT2D eigenvalue weighted by Gasteiger charge is -2.18. The van der Waals surface area contributed by atoms with E-state index in [0.717, 1.165) is 23.9 Å². The Morgan fingerprint density at radius 3 is 2.55 bits per heavy atom. The van der Waals surface area contributed by atoms with Crippen LogP contribution in [-0.4, -0.2) is 27.8 Å². The summed E-state index contributed by atoms with van der Waals surface area (Å²) in [7, 11) is 0. The van der Waals surface area contributed by atoms with Gasteiger partial charge < -0.3 is 0 Å². The third kappa shape index (κ3) is 2.59. The largest absolute Gasteiger partial charge is 0.298 e. The molecule has 0 bridgehead atoms. The van der Waals surface area contributed by atoms with Crippen LogP contribution >= 0.6 is 0 Å². The highest BCUT2D eigenvalue weighted by atomic mass is 19.1. The second-order valence-corrected chi connectivity index (χ2v) is 6.40. The summed E-state index contributed by atoms with van der Waals surface area (Å²) in [5, 5.41) is 4.32. The summed E-state index contributed by atoms with van der Waals surface area (Å²) in [6.07, 6.45) is 10.9. The minimum absolute atomic E-state index is 0.240. The molecule has 3 nitrogen and oxygen atoms in total. The summed E-state index contributed by atoms with van der Waals surface area (Å²) in [4.78, 5) is 2.50. The van der Waals surface area contributed by atoms with Gasteiger partial charge >= 0.3 is 0 Å². The molecule has 0 amide bonds. The maximum Gasteiger partial charge on any atom is 0.148 e. The van der Waals surface area contributed by atoms with E-state index < -0.39 is 0 Å². The SMILES string of the molecule is Fc1ccccc1-n1cc(CN2C[C@H]3CC=CC[C@H]3C2)cn1. The van der Waals surface area contributed by atoms with E-state index in [-0.39, 0.29) is 5.82 Å². The fourth-order valence-electron chi connectivity index (χ4n) is 3.71. The number of para-hydroxylation sites is 1. The maximum atomic E-state index is 13.8. The van der Waals surface area contributed by atoms with Crippen LogP contribution in [0.2, 0.25) is 0 Å². The maximum absolute atomic E-state index is 13.8. The highest BCUT2D eigenvalue weighted by molar-refractivity contribution is 5.32. The number of nitrogens with zero attached hydrogens (tertiary/aromatic N) is 3. The van der Waals surface area contributed by atoms with Crippen molar-refractivity contribution < 1.29 is 4.39 Å². The van der Waals surface area contributed by atoms with Crippen molar-refractivity contribution in [2.75, 3.05) is 13.1 Å². The molecule has 0 N–H and O–H groups in total. The van der Waals surface area contributed by atoms with Crippen molar-refractivity contribution in [3.05, 3.63) is 60.2 Å². The first kappa shape index (κ1) is 13.7. The summed E-state index contributed by atoms with van der Waals surface area (Å²) in [6.45, 7) is 3.24. The first-order valence-corrected chi connectivity index (χ1v) is 7.95. The number of allylic oxidation sites excluding steroid dienone is 2. The predicted molar refractivity (Wildman–Crippen MR) is 84.2 cm³/mol. The minimum atomic E-state index is -0.240. The van der Waals surface area contributed by atoms with Crippen LogP contribution in [0.15, 0.2) is 48.8 Å². The van der Waals surface area contributed by atoms with Gasteiger partial charge in [0.05, 0.1) is 6.20 Å². The smallest absolute Gasteiger partial charge is 0.148 e. The molecule has 1 fully saturated rings. The standard InChI is InChI=1S/C18H20FN3/c19-17-7-3-4-8-18(17)22-11-14(9-20-22)10-21-12-15-5-1-2-6-16(15)13-21/h1-4,7-9,11,15-16H,5-6,10,12-13H2/t15-,16+. The Hall–Kier alpha value is -1.94. The fourth-order valence-corrected chi connectivity index (χ4v) is 3.71. The molecule has 2 heterocycles. The average Bonchev–Trinajstić information content (AvgIpc) is 3.14. The molecule has 0 radical (unpaired) electrons. The van der Waals surface area contributed by atoms with Crippen molar-refractivity contribution in [3.8, 4) is 5.69 Å². The van der Waals surface area contributed by atoms with Gasteiger partial charge in [0.1, 0.15) is 11.5 Å². The van der Waals surface area contributed by atoms with E-state index in [9.17, 15) is 4.39 Å². The van der Waals surface area contributed by atoms with Gasteiger partial charge in [-0.05, 0) is 36.8 Å². The third-order valence-electron chi connectivity index (χ3n) is 4.84. The predicted octanol–water partition coefficient (Wildman–Crippen LogP) is 3.41. The van der Waals surface area contributed by atoms with Gasteiger partial charge in [-0.15, -0.1) is 0 Å². The molecule has 1 aliphatic heterocycles. The van der Waals surface area contributed by atoms with Gasteiger partial charge in [-0.2, -0.15) is 5.10 Å². The van der Waals surface area contributed by atoms with E-state index in [4.69, 9.17) is 0 Å². The highest BCUT2D eigenvalue weighted by Gasteiger charge is 2.32. The van der Waals surface area contributed by atoms with Gasteiger partial charge in [-0.3, -0.25) is 4.90 Å². The minimum Gasteiger partial charge on any atom is -0.298 e. The Morgan fingerprint density at radius 1 is 1.09 bits per heavy atom. The van der Waals surface area contributed by atoms with E-state index in [0.29, 0.717) is 5.69 Å². The summed E-state index contributed by atoms with van der Waals surface area (Å²) < 4.78 is 15.4. The van der Waals surface area contributed by atoms with E-state index >= 15 is 0 Å².